The zero-order valence-corrected chi connectivity index (χ0v) is 16.9. The second kappa shape index (κ2) is 9.30. The molecule has 1 atom stereocenters. The number of carbonyl (C=O) groups is 1. The number of amides is 1. The Labute approximate surface area is 171 Å². The molecule has 2 aromatic heterocycles. The van der Waals surface area contributed by atoms with Crippen molar-refractivity contribution >= 4 is 17.3 Å². The van der Waals surface area contributed by atoms with E-state index in [1.165, 1.54) is 6.20 Å². The summed E-state index contributed by atoms with van der Waals surface area (Å²) >= 11 is 0. The largest absolute Gasteiger partial charge is 0.392 e. The summed E-state index contributed by atoms with van der Waals surface area (Å²) in [5, 5.41) is 15.6. The van der Waals surface area contributed by atoms with Crippen LogP contribution in [0.1, 0.15) is 42.6 Å². The lowest BCUT2D eigenvalue weighted by atomic mass is 10.0. The molecule has 0 unspecified atom stereocenters. The average Bonchev–Trinajstić information content (AvgIpc) is 2.73. The van der Waals surface area contributed by atoms with E-state index < -0.39 is 6.10 Å². The smallest absolute Gasteiger partial charge is 0.255 e. The van der Waals surface area contributed by atoms with Gasteiger partial charge in [-0.15, -0.1) is 0 Å². The maximum Gasteiger partial charge on any atom is 0.255 e. The summed E-state index contributed by atoms with van der Waals surface area (Å²) in [5.41, 5.74) is 4.89. The number of anilines is 2. The number of carbonyl (C=O) groups excluding carboxylic acids is 1. The predicted molar refractivity (Wildman–Crippen MR) is 115 cm³/mol. The van der Waals surface area contributed by atoms with Crippen LogP contribution in [0.4, 0.5) is 11.4 Å². The minimum Gasteiger partial charge on any atom is -0.392 e. The fraction of sp³-hybridized carbons (Fsp3) is 0.261. The van der Waals surface area contributed by atoms with Gasteiger partial charge in [0.05, 0.1) is 23.0 Å². The molecule has 0 bridgehead atoms. The van der Waals surface area contributed by atoms with Crippen LogP contribution in [0, 0.1) is 0 Å². The first kappa shape index (κ1) is 20.5. The summed E-state index contributed by atoms with van der Waals surface area (Å²) in [6.45, 7) is 6.01. The molecule has 6 nitrogen and oxygen atoms in total. The molecular formula is C23H26N4O2. The lowest BCUT2D eigenvalue weighted by molar-refractivity contribution is 0.0924. The summed E-state index contributed by atoms with van der Waals surface area (Å²) in [6, 6.07) is 13.7. The van der Waals surface area contributed by atoms with E-state index in [0.717, 1.165) is 22.5 Å². The van der Waals surface area contributed by atoms with Crippen molar-refractivity contribution in [1.82, 2.24) is 15.3 Å². The molecule has 0 saturated carbocycles. The van der Waals surface area contributed by atoms with Crippen molar-refractivity contribution in [3.63, 3.8) is 0 Å². The number of pyridine rings is 2. The molecule has 1 aromatic carbocycles. The van der Waals surface area contributed by atoms with Crippen molar-refractivity contribution < 1.29 is 9.90 Å². The third-order valence-electron chi connectivity index (χ3n) is 4.52. The number of rotatable bonds is 7. The highest BCUT2D eigenvalue weighted by Gasteiger charge is 2.15. The van der Waals surface area contributed by atoms with Gasteiger partial charge in [-0.2, -0.15) is 0 Å². The van der Waals surface area contributed by atoms with E-state index in [9.17, 15) is 9.90 Å². The highest BCUT2D eigenvalue weighted by atomic mass is 16.3. The minimum absolute atomic E-state index is 0.178. The SMILES string of the molecule is CC(C)c1cnc(-c2ccccc2)cc1Nc1ccncc1C(=O)NC[C@H](C)O. The fourth-order valence-corrected chi connectivity index (χ4v) is 2.97. The second-order valence-corrected chi connectivity index (χ2v) is 7.28. The summed E-state index contributed by atoms with van der Waals surface area (Å²) in [4.78, 5) is 21.3. The van der Waals surface area contributed by atoms with Gasteiger partial charge in [-0.3, -0.25) is 14.8 Å². The van der Waals surface area contributed by atoms with E-state index in [1.807, 2.05) is 42.6 Å². The van der Waals surface area contributed by atoms with Crippen molar-refractivity contribution in [2.45, 2.75) is 32.8 Å². The van der Waals surface area contributed by atoms with Gasteiger partial charge in [-0.1, -0.05) is 44.2 Å². The van der Waals surface area contributed by atoms with Gasteiger partial charge in [0.25, 0.3) is 5.91 Å². The molecule has 0 spiro atoms. The first-order valence-electron chi connectivity index (χ1n) is 9.68. The molecule has 0 aliphatic heterocycles. The van der Waals surface area contributed by atoms with Gasteiger partial charge in [0, 0.05) is 36.4 Å². The fourth-order valence-electron chi connectivity index (χ4n) is 2.97. The molecule has 0 saturated heterocycles. The summed E-state index contributed by atoms with van der Waals surface area (Å²) in [7, 11) is 0. The zero-order valence-electron chi connectivity index (χ0n) is 16.9. The molecular weight excluding hydrogens is 364 g/mol. The molecule has 2 heterocycles. The van der Waals surface area contributed by atoms with Crippen LogP contribution in [0.5, 0.6) is 0 Å². The molecule has 0 aliphatic rings. The normalized spacial score (nSPS) is 11.9. The van der Waals surface area contributed by atoms with Crippen molar-refractivity contribution in [3.05, 3.63) is 72.2 Å². The van der Waals surface area contributed by atoms with Gasteiger partial charge < -0.3 is 15.7 Å². The number of nitrogens with one attached hydrogen (secondary N) is 2. The van der Waals surface area contributed by atoms with Crippen LogP contribution < -0.4 is 10.6 Å². The third kappa shape index (κ3) is 5.18. The maximum atomic E-state index is 12.6. The molecule has 3 aromatic rings. The van der Waals surface area contributed by atoms with Crippen LogP contribution in [0.25, 0.3) is 11.3 Å². The average molecular weight is 390 g/mol. The molecule has 0 aliphatic carbocycles. The highest BCUT2D eigenvalue weighted by molar-refractivity contribution is 6.00. The Kier molecular flexibility index (Phi) is 6.57. The summed E-state index contributed by atoms with van der Waals surface area (Å²) in [6.07, 6.45) is 4.42. The number of benzene rings is 1. The maximum absolute atomic E-state index is 12.6. The predicted octanol–water partition coefficient (Wildman–Crippen LogP) is 4.12. The van der Waals surface area contributed by atoms with E-state index in [1.54, 1.807) is 19.2 Å². The molecule has 1 amide bonds. The lowest BCUT2D eigenvalue weighted by Crippen LogP contribution is -2.31. The number of aromatic nitrogens is 2. The van der Waals surface area contributed by atoms with Crippen LogP contribution in [0.3, 0.4) is 0 Å². The van der Waals surface area contributed by atoms with E-state index in [0.29, 0.717) is 11.3 Å². The van der Waals surface area contributed by atoms with Crippen LogP contribution >= 0.6 is 0 Å². The number of aliphatic hydroxyl groups excluding tert-OH is 1. The van der Waals surface area contributed by atoms with Crippen molar-refractivity contribution in [3.8, 4) is 11.3 Å². The molecule has 150 valence electrons. The van der Waals surface area contributed by atoms with Crippen molar-refractivity contribution in [2.24, 2.45) is 0 Å². The quantitative estimate of drug-likeness (QED) is 0.565. The van der Waals surface area contributed by atoms with Gasteiger partial charge in [-0.05, 0) is 30.5 Å². The first-order valence-corrected chi connectivity index (χ1v) is 9.68. The Balaban J connectivity index is 1.96. The van der Waals surface area contributed by atoms with Crippen LogP contribution in [-0.2, 0) is 0 Å². The Morgan fingerprint density at radius 2 is 1.83 bits per heavy atom. The highest BCUT2D eigenvalue weighted by Crippen LogP contribution is 2.31. The van der Waals surface area contributed by atoms with Crippen LogP contribution in [-0.4, -0.2) is 33.6 Å². The molecule has 29 heavy (non-hydrogen) atoms. The summed E-state index contributed by atoms with van der Waals surface area (Å²) < 4.78 is 0. The Morgan fingerprint density at radius 1 is 1.07 bits per heavy atom. The Hall–Kier alpha value is -3.25. The molecule has 0 fully saturated rings. The van der Waals surface area contributed by atoms with Gasteiger partial charge in [0.15, 0.2) is 0 Å². The minimum atomic E-state index is -0.617. The molecule has 3 N–H and O–H groups in total. The first-order chi connectivity index (χ1) is 14.0. The van der Waals surface area contributed by atoms with Gasteiger partial charge >= 0.3 is 0 Å². The molecule has 6 heteroatoms. The number of nitrogens with zero attached hydrogens (tertiary/aromatic N) is 2. The zero-order chi connectivity index (χ0) is 20.8. The van der Waals surface area contributed by atoms with E-state index in [2.05, 4.69) is 34.4 Å². The van der Waals surface area contributed by atoms with Crippen LogP contribution in [0.15, 0.2) is 61.1 Å². The summed E-state index contributed by atoms with van der Waals surface area (Å²) in [5.74, 6) is -0.0332. The van der Waals surface area contributed by atoms with E-state index in [4.69, 9.17) is 0 Å². The Bertz CT molecular complexity index is 972. The standard InChI is InChI=1S/C23H26N4O2/c1-15(2)18-14-25-21(17-7-5-4-6-8-17)11-22(18)27-20-9-10-24-13-19(20)23(29)26-12-16(3)28/h4-11,13-16,28H,12H2,1-3H3,(H,26,29)(H,24,25,27)/t16-/m0/s1. The van der Waals surface area contributed by atoms with Crippen LogP contribution in [0.2, 0.25) is 0 Å². The lowest BCUT2D eigenvalue weighted by Gasteiger charge is -2.18. The molecule has 3 rings (SSSR count). The monoisotopic (exact) mass is 390 g/mol. The number of aliphatic hydroxyl groups is 1. The number of hydrogen-bond acceptors (Lipinski definition) is 5. The van der Waals surface area contributed by atoms with Crippen molar-refractivity contribution in [1.29, 1.82) is 0 Å². The van der Waals surface area contributed by atoms with Gasteiger partial charge in [-0.25, -0.2) is 0 Å². The molecule has 0 radical (unpaired) electrons. The second-order valence-electron chi connectivity index (χ2n) is 7.28. The van der Waals surface area contributed by atoms with Gasteiger partial charge in [0.2, 0.25) is 0 Å². The van der Waals surface area contributed by atoms with Gasteiger partial charge in [0.1, 0.15) is 0 Å². The Morgan fingerprint density at radius 3 is 2.52 bits per heavy atom. The van der Waals surface area contributed by atoms with E-state index in [-0.39, 0.29) is 18.4 Å². The van der Waals surface area contributed by atoms with Crippen molar-refractivity contribution in [2.75, 3.05) is 11.9 Å². The van der Waals surface area contributed by atoms with E-state index >= 15 is 0 Å². The topological polar surface area (TPSA) is 87.1 Å². The third-order valence-corrected chi connectivity index (χ3v) is 4.52. The number of hydrogen-bond donors (Lipinski definition) is 3.